The molecule has 1 aliphatic rings. The normalized spacial score (nSPS) is 12.8. The summed E-state index contributed by atoms with van der Waals surface area (Å²) in [7, 11) is 0. The van der Waals surface area contributed by atoms with Gasteiger partial charge in [-0.15, -0.1) is 0 Å². The lowest BCUT2D eigenvalue weighted by Gasteiger charge is -2.08. The Kier molecular flexibility index (Phi) is 6.27. The highest BCUT2D eigenvalue weighted by Gasteiger charge is 2.13. The number of aliphatic carboxylic acids is 2. The lowest BCUT2D eigenvalue weighted by molar-refractivity contribution is -0.143. The Balaban J connectivity index is 0.000000224. The Bertz CT molecular complexity index is 765. The monoisotopic (exact) mass is 371 g/mol. The molecule has 0 aliphatic carbocycles. The van der Waals surface area contributed by atoms with Crippen molar-refractivity contribution in [3.8, 4) is 0 Å². The van der Waals surface area contributed by atoms with Crippen LogP contribution >= 0.6 is 23.3 Å². The smallest absolute Gasteiger partial charge is 0.303 e. The number of hydrogen-bond donors (Lipinski definition) is 4. The van der Waals surface area contributed by atoms with Crippen molar-refractivity contribution in [3.05, 3.63) is 17.2 Å². The number of anilines is 1. The number of halogens is 1. The predicted octanol–water partition coefficient (Wildman–Crippen LogP) is 1.65. The van der Waals surface area contributed by atoms with Gasteiger partial charge in [0.05, 0.1) is 41.8 Å². The van der Waals surface area contributed by atoms with E-state index in [2.05, 4.69) is 24.4 Å². The Morgan fingerprint density at radius 2 is 1.96 bits per heavy atom. The zero-order valence-corrected chi connectivity index (χ0v) is 13.9. The molecule has 128 valence electrons. The molecule has 1 aliphatic heterocycles. The first-order valence-electron chi connectivity index (χ1n) is 6.87. The first kappa shape index (κ1) is 17.9. The van der Waals surface area contributed by atoms with Crippen LogP contribution in [0.3, 0.4) is 0 Å². The number of aromatic nitrogens is 2. The van der Waals surface area contributed by atoms with E-state index in [1.54, 1.807) is 0 Å². The third kappa shape index (κ3) is 5.03. The van der Waals surface area contributed by atoms with Gasteiger partial charge >= 0.3 is 11.9 Å². The highest BCUT2D eigenvalue weighted by Crippen LogP contribution is 2.29. The number of carboxylic acids is 2. The van der Waals surface area contributed by atoms with Gasteiger partial charge in [0, 0.05) is 6.54 Å². The molecule has 24 heavy (non-hydrogen) atoms. The minimum absolute atomic E-state index is 0.296. The van der Waals surface area contributed by atoms with Crippen molar-refractivity contribution < 1.29 is 19.8 Å². The number of carbonyl (C=O) groups is 2. The van der Waals surface area contributed by atoms with E-state index in [1.165, 1.54) is 11.7 Å². The predicted molar refractivity (Wildman–Crippen MR) is 90.9 cm³/mol. The first-order valence-corrected chi connectivity index (χ1v) is 7.98. The van der Waals surface area contributed by atoms with E-state index in [0.717, 1.165) is 35.8 Å². The van der Waals surface area contributed by atoms with Crippen LogP contribution in [0.25, 0.3) is 11.0 Å². The molecule has 0 amide bonds. The molecule has 0 atom stereocenters. The molecule has 9 nitrogen and oxygen atoms in total. The summed E-state index contributed by atoms with van der Waals surface area (Å²) in [5.41, 5.74) is 2.39. The van der Waals surface area contributed by atoms with Gasteiger partial charge in [0.1, 0.15) is 11.0 Å². The third-order valence-corrected chi connectivity index (χ3v) is 3.70. The first-order chi connectivity index (χ1) is 11.5. The van der Waals surface area contributed by atoms with Crippen molar-refractivity contribution in [2.45, 2.75) is 12.8 Å². The topological polar surface area (TPSA) is 137 Å². The van der Waals surface area contributed by atoms with Gasteiger partial charge in [-0.05, 0) is 12.1 Å². The summed E-state index contributed by atoms with van der Waals surface area (Å²) in [4.78, 5) is 23.5. The maximum atomic E-state index is 9.64. The molecule has 0 spiro atoms. The molecule has 0 unspecified atom stereocenters. The molecule has 2 heterocycles. The second-order valence-corrected chi connectivity index (χ2v) is 5.56. The summed E-state index contributed by atoms with van der Waals surface area (Å²) >= 11 is 7.30. The second-order valence-electron chi connectivity index (χ2n) is 4.62. The van der Waals surface area contributed by atoms with Crippen LogP contribution in [-0.2, 0) is 9.59 Å². The zero-order chi connectivity index (χ0) is 17.5. The average molecular weight is 372 g/mol. The minimum atomic E-state index is -1.08. The van der Waals surface area contributed by atoms with Gasteiger partial charge in [-0.2, -0.15) is 8.75 Å². The highest BCUT2D eigenvalue weighted by atomic mass is 35.5. The van der Waals surface area contributed by atoms with E-state index in [1.807, 2.05) is 12.1 Å². The quantitative estimate of drug-likeness (QED) is 0.636. The Labute approximate surface area is 145 Å². The molecule has 0 radical (unpaired) electrons. The molecule has 1 aromatic heterocycles. The maximum Gasteiger partial charge on any atom is 0.303 e. The fourth-order valence-corrected chi connectivity index (χ4v) is 2.50. The molecule has 2 aromatic rings. The number of nitrogens with one attached hydrogen (secondary N) is 2. The summed E-state index contributed by atoms with van der Waals surface area (Å²) in [6, 6.07) is 3.67. The van der Waals surface area contributed by atoms with E-state index in [-0.39, 0.29) is 12.8 Å². The number of carboxylic acid groups (broad SMARTS) is 2. The molecular weight excluding hydrogens is 358 g/mol. The molecule has 11 heteroatoms. The van der Waals surface area contributed by atoms with Crippen LogP contribution in [0.15, 0.2) is 17.1 Å². The highest BCUT2D eigenvalue weighted by molar-refractivity contribution is 7.00. The molecule has 4 N–H and O–H groups in total. The standard InChI is InChI=1S/C9H8ClN5S.C4H6O4/c10-5-1-2-6-8(15-16-14-6)7(5)13-9-11-3-4-12-9;5-3(6)1-2-4(7)8/h1-2H,3-4H2,(H2,11,12,13);1-2H2,(H,5,6)(H,7,8). The van der Waals surface area contributed by atoms with Gasteiger partial charge in [-0.1, -0.05) is 11.6 Å². The van der Waals surface area contributed by atoms with E-state index < -0.39 is 11.9 Å². The van der Waals surface area contributed by atoms with Crippen molar-refractivity contribution in [2.24, 2.45) is 4.99 Å². The Hall–Kier alpha value is -2.46. The molecular formula is C13H14ClN5O4S. The molecule has 0 fully saturated rings. The van der Waals surface area contributed by atoms with E-state index in [0.29, 0.717) is 5.02 Å². The SMILES string of the molecule is Clc1ccc2nsnc2c1NC1=NCCN1.O=C(O)CCC(=O)O. The van der Waals surface area contributed by atoms with Crippen LogP contribution in [0.5, 0.6) is 0 Å². The van der Waals surface area contributed by atoms with Gasteiger partial charge in [-0.3, -0.25) is 14.6 Å². The number of hydrogen-bond acceptors (Lipinski definition) is 8. The largest absolute Gasteiger partial charge is 0.481 e. The van der Waals surface area contributed by atoms with Crippen LogP contribution in [-0.4, -0.2) is 49.9 Å². The molecule has 0 saturated carbocycles. The van der Waals surface area contributed by atoms with Gasteiger partial charge in [-0.25, -0.2) is 0 Å². The fourth-order valence-electron chi connectivity index (χ4n) is 1.76. The summed E-state index contributed by atoms with van der Waals surface area (Å²) in [6.07, 6.45) is -0.593. The van der Waals surface area contributed by atoms with Gasteiger partial charge in [0.15, 0.2) is 5.96 Å². The number of nitrogens with zero attached hydrogens (tertiary/aromatic N) is 3. The lowest BCUT2D eigenvalue weighted by atomic mass is 10.2. The van der Waals surface area contributed by atoms with E-state index in [4.69, 9.17) is 21.8 Å². The van der Waals surface area contributed by atoms with Crippen LogP contribution < -0.4 is 10.6 Å². The average Bonchev–Trinajstić information content (AvgIpc) is 3.20. The summed E-state index contributed by atoms with van der Waals surface area (Å²) in [5, 5.41) is 22.7. The van der Waals surface area contributed by atoms with Crippen molar-refractivity contribution in [3.63, 3.8) is 0 Å². The molecule has 1 aromatic carbocycles. The van der Waals surface area contributed by atoms with Crippen molar-refractivity contribution in [1.29, 1.82) is 0 Å². The Morgan fingerprint density at radius 3 is 2.54 bits per heavy atom. The summed E-state index contributed by atoms with van der Waals surface area (Å²) in [5.74, 6) is -1.41. The third-order valence-electron chi connectivity index (χ3n) is 2.85. The van der Waals surface area contributed by atoms with Gasteiger partial charge in [0.25, 0.3) is 0 Å². The lowest BCUT2D eigenvalue weighted by Crippen LogP contribution is -2.26. The number of fused-ring (bicyclic) bond motifs is 1. The van der Waals surface area contributed by atoms with Crippen molar-refractivity contribution in [1.82, 2.24) is 14.1 Å². The Morgan fingerprint density at radius 1 is 1.25 bits per heavy atom. The second kappa shape index (κ2) is 8.41. The fraction of sp³-hybridized carbons (Fsp3) is 0.308. The number of benzene rings is 1. The number of aliphatic imine (C=N–C) groups is 1. The van der Waals surface area contributed by atoms with E-state index in [9.17, 15) is 9.59 Å². The number of guanidine groups is 1. The van der Waals surface area contributed by atoms with Crippen LogP contribution in [0.2, 0.25) is 5.02 Å². The van der Waals surface area contributed by atoms with Gasteiger partial charge < -0.3 is 20.8 Å². The summed E-state index contributed by atoms with van der Waals surface area (Å²) in [6.45, 7) is 1.64. The van der Waals surface area contributed by atoms with Crippen LogP contribution in [0, 0.1) is 0 Å². The molecule has 0 bridgehead atoms. The minimum Gasteiger partial charge on any atom is -0.481 e. The van der Waals surface area contributed by atoms with Crippen molar-refractivity contribution in [2.75, 3.05) is 18.4 Å². The van der Waals surface area contributed by atoms with Crippen LogP contribution in [0.1, 0.15) is 12.8 Å². The van der Waals surface area contributed by atoms with Crippen LogP contribution in [0.4, 0.5) is 5.69 Å². The zero-order valence-electron chi connectivity index (χ0n) is 12.3. The maximum absolute atomic E-state index is 9.64. The number of rotatable bonds is 4. The summed E-state index contributed by atoms with van der Waals surface area (Å²) < 4.78 is 8.39. The molecule has 3 rings (SSSR count). The van der Waals surface area contributed by atoms with E-state index >= 15 is 0 Å². The van der Waals surface area contributed by atoms with Crippen molar-refractivity contribution >= 4 is 57.9 Å². The van der Waals surface area contributed by atoms with Gasteiger partial charge in [0.2, 0.25) is 0 Å². The molecule has 0 saturated heterocycles.